The minimum Gasteiger partial charge on any atom is -0.419 e. The van der Waals surface area contributed by atoms with Gasteiger partial charge >= 0.3 is 7.82 Å². The quantitative estimate of drug-likeness (QED) is 0.0250. The van der Waals surface area contributed by atoms with E-state index in [4.69, 9.17) is 34.3 Å². The number of phosphoric ester groups is 1. The monoisotopic (exact) mass is 757 g/mol. The highest BCUT2D eigenvalue weighted by atomic mass is 31.2. The number of aliphatic hydroxyl groups excluding tert-OH is 1. The number of fused-ring (bicyclic) bond motifs is 1. The maximum atomic E-state index is 12.9. The molecule has 0 aliphatic carbocycles. The van der Waals surface area contributed by atoms with Crippen LogP contribution in [0.25, 0.3) is 5.52 Å². The number of nitriles is 1. The molecule has 13 nitrogen and oxygen atoms in total. The van der Waals surface area contributed by atoms with E-state index in [1.807, 2.05) is 30.3 Å². The second kappa shape index (κ2) is 26.4. The number of phosphoric acid groups is 1. The molecule has 0 spiro atoms. The Hall–Kier alpha value is -3.34. The van der Waals surface area contributed by atoms with E-state index >= 15 is 0 Å². The van der Waals surface area contributed by atoms with E-state index in [1.54, 1.807) is 12.1 Å². The number of nitrogen functional groups attached to an aromatic ring is 1. The van der Waals surface area contributed by atoms with E-state index in [2.05, 4.69) is 29.2 Å². The van der Waals surface area contributed by atoms with Crippen LogP contribution in [0.5, 0.6) is 0 Å². The van der Waals surface area contributed by atoms with Gasteiger partial charge in [-0.3, -0.25) is 9.05 Å². The molecule has 0 bridgehead atoms. The van der Waals surface area contributed by atoms with Gasteiger partial charge in [-0.15, -0.1) is 0 Å². The van der Waals surface area contributed by atoms with E-state index in [9.17, 15) is 14.6 Å². The molecular formula is C39H60N5O8P. The molecule has 0 amide bonds. The lowest BCUT2D eigenvalue weighted by atomic mass is 10.1. The predicted molar refractivity (Wildman–Crippen MR) is 205 cm³/mol. The molecule has 294 valence electrons. The topological polar surface area (TPSA) is 184 Å². The molecule has 0 saturated carbocycles. The van der Waals surface area contributed by atoms with Gasteiger partial charge in [0.2, 0.25) is 0 Å². The van der Waals surface area contributed by atoms with Crippen molar-refractivity contribution in [1.82, 2.24) is 14.6 Å². The van der Waals surface area contributed by atoms with E-state index < -0.39 is 32.7 Å². The largest absolute Gasteiger partial charge is 0.472 e. The summed E-state index contributed by atoms with van der Waals surface area (Å²) in [6, 6.07) is 13.0. The number of ether oxygens (including phenoxy) is 3. The summed E-state index contributed by atoms with van der Waals surface area (Å²) in [5.74, 6) is 0.266. The van der Waals surface area contributed by atoms with Crippen LogP contribution < -0.4 is 5.73 Å². The minimum absolute atomic E-state index is 0.0132. The minimum atomic E-state index is -4.64. The van der Waals surface area contributed by atoms with Gasteiger partial charge in [0.05, 0.1) is 32.5 Å². The Morgan fingerprint density at radius 1 is 0.906 bits per heavy atom. The Morgan fingerprint density at radius 3 is 2.26 bits per heavy atom. The number of unbranched alkanes of at least 4 members (excludes halogenated alkanes) is 12. The Labute approximate surface area is 315 Å². The molecule has 4 atom stereocenters. The standard InChI is InChI=1S/C39H60N5O8P/c1-2-3-4-5-6-7-8-9-10-11-12-13-14-15-16-20-25-48-28-35(49-27-33-21-18-17-19-22-33)29-51-53(46,47)52-30-38(50-31-40)37(45)26-34-23-24-36-39(41)42-32-43-44(34)36/h9-10,17-19,21-24,32,35,37-38,45H,2-8,11-16,20,25-30H2,1H3,(H,46,47)(H2,41,42,43)/b10-9-/t35-,37+,38-/m1/s1. The van der Waals surface area contributed by atoms with Crippen molar-refractivity contribution < 1.29 is 37.8 Å². The average Bonchev–Trinajstić information content (AvgIpc) is 3.57. The maximum Gasteiger partial charge on any atom is 0.472 e. The summed E-state index contributed by atoms with van der Waals surface area (Å²) in [6.07, 6.45) is 21.5. The number of rotatable bonds is 31. The molecule has 53 heavy (non-hydrogen) atoms. The third-order valence-corrected chi connectivity index (χ3v) is 9.82. The zero-order valence-electron chi connectivity index (χ0n) is 31.3. The third kappa shape index (κ3) is 18.5. The van der Waals surface area contributed by atoms with Crippen molar-refractivity contribution in [2.75, 3.05) is 32.2 Å². The van der Waals surface area contributed by atoms with Crippen LogP contribution in [0.15, 0.2) is 60.9 Å². The van der Waals surface area contributed by atoms with Gasteiger partial charge in [-0.1, -0.05) is 107 Å². The van der Waals surface area contributed by atoms with Crippen LogP contribution in [0.1, 0.15) is 108 Å². The van der Waals surface area contributed by atoms with Gasteiger partial charge in [-0.25, -0.2) is 14.1 Å². The predicted octanol–water partition coefficient (Wildman–Crippen LogP) is 7.85. The van der Waals surface area contributed by atoms with Crippen LogP contribution in [0, 0.1) is 11.5 Å². The zero-order chi connectivity index (χ0) is 38.0. The zero-order valence-corrected chi connectivity index (χ0v) is 32.2. The highest BCUT2D eigenvalue weighted by molar-refractivity contribution is 7.47. The molecule has 0 aliphatic rings. The Morgan fingerprint density at radius 2 is 1.57 bits per heavy atom. The van der Waals surface area contributed by atoms with Gasteiger partial charge < -0.3 is 29.9 Å². The Bertz CT molecular complexity index is 1520. The first-order chi connectivity index (χ1) is 25.8. The number of nitrogens with zero attached hydrogens (tertiary/aromatic N) is 4. The van der Waals surface area contributed by atoms with Crippen molar-refractivity contribution in [3.8, 4) is 6.26 Å². The van der Waals surface area contributed by atoms with Crippen LogP contribution in [0.2, 0.25) is 0 Å². The number of benzene rings is 1. The molecule has 1 unspecified atom stereocenters. The molecule has 1 aromatic carbocycles. The van der Waals surface area contributed by atoms with E-state index in [0.717, 1.165) is 31.2 Å². The van der Waals surface area contributed by atoms with E-state index in [0.29, 0.717) is 17.8 Å². The maximum absolute atomic E-state index is 12.9. The van der Waals surface area contributed by atoms with Crippen LogP contribution in [0.4, 0.5) is 5.82 Å². The van der Waals surface area contributed by atoms with Gasteiger partial charge in [0.1, 0.15) is 17.9 Å². The molecule has 14 heteroatoms. The molecule has 2 heterocycles. The van der Waals surface area contributed by atoms with Crippen molar-refractivity contribution in [3.63, 3.8) is 0 Å². The van der Waals surface area contributed by atoms with Crippen molar-refractivity contribution in [1.29, 1.82) is 5.26 Å². The SMILES string of the molecule is CCCCCCCC/C=C\CCCCCCCCOC[C@H](COP(=O)(O)OC[C@@H](OC#N)[C@@H](O)Cc1ccc2c(N)ncnn12)OCc1ccccc1. The van der Waals surface area contributed by atoms with Gasteiger partial charge in [0.25, 0.3) is 6.26 Å². The summed E-state index contributed by atoms with van der Waals surface area (Å²) in [5, 5.41) is 24.1. The summed E-state index contributed by atoms with van der Waals surface area (Å²) in [5.41, 5.74) is 7.93. The first-order valence-corrected chi connectivity index (χ1v) is 20.6. The number of hydrogen-bond acceptors (Lipinski definition) is 11. The van der Waals surface area contributed by atoms with Crippen LogP contribution in [0.3, 0.4) is 0 Å². The Kier molecular flexibility index (Phi) is 22.0. The summed E-state index contributed by atoms with van der Waals surface area (Å²) < 4.78 is 41.6. The Balaban J connectivity index is 1.35. The number of aromatic nitrogens is 3. The third-order valence-electron chi connectivity index (χ3n) is 8.87. The van der Waals surface area contributed by atoms with Crippen molar-refractivity contribution in [2.45, 2.75) is 128 Å². The summed E-state index contributed by atoms with van der Waals surface area (Å²) >= 11 is 0. The van der Waals surface area contributed by atoms with E-state index in [1.165, 1.54) is 81.3 Å². The van der Waals surface area contributed by atoms with Crippen molar-refractivity contribution in [2.24, 2.45) is 0 Å². The lowest BCUT2D eigenvalue weighted by Crippen LogP contribution is -2.34. The lowest BCUT2D eigenvalue weighted by Gasteiger charge is -2.23. The molecule has 4 N–H and O–H groups in total. The van der Waals surface area contributed by atoms with Crippen molar-refractivity contribution >= 4 is 19.2 Å². The lowest BCUT2D eigenvalue weighted by molar-refractivity contribution is -0.0545. The van der Waals surface area contributed by atoms with Crippen LogP contribution in [-0.4, -0.2) is 69.3 Å². The van der Waals surface area contributed by atoms with E-state index in [-0.39, 0.29) is 32.1 Å². The molecule has 0 saturated heterocycles. The van der Waals surface area contributed by atoms with Crippen LogP contribution in [-0.2, 0) is 40.9 Å². The highest BCUT2D eigenvalue weighted by Gasteiger charge is 2.30. The molecule has 3 aromatic rings. The van der Waals surface area contributed by atoms with Gasteiger partial charge in [0, 0.05) is 18.7 Å². The average molecular weight is 758 g/mol. The number of allylic oxidation sites excluding steroid dienone is 2. The molecule has 0 aliphatic heterocycles. The van der Waals surface area contributed by atoms with Crippen molar-refractivity contribution in [3.05, 3.63) is 72.2 Å². The summed E-state index contributed by atoms with van der Waals surface area (Å²) in [6.45, 7) is 2.35. The highest BCUT2D eigenvalue weighted by Crippen LogP contribution is 2.43. The van der Waals surface area contributed by atoms with Gasteiger partial charge in [-0.2, -0.15) is 10.4 Å². The fourth-order valence-electron chi connectivity index (χ4n) is 5.78. The summed E-state index contributed by atoms with van der Waals surface area (Å²) in [4.78, 5) is 14.4. The normalized spacial score (nSPS) is 14.6. The fourth-order valence-corrected chi connectivity index (χ4v) is 6.54. The number of anilines is 1. The first kappa shape index (κ1) is 44.1. The number of aliphatic hydroxyl groups is 1. The number of nitrogens with two attached hydrogens (primary N) is 1. The second-order valence-electron chi connectivity index (χ2n) is 13.3. The number of hydrogen-bond donors (Lipinski definition) is 3. The molecular weight excluding hydrogens is 697 g/mol. The molecule has 3 rings (SSSR count). The first-order valence-electron chi connectivity index (χ1n) is 19.1. The molecule has 0 radical (unpaired) electrons. The molecule has 0 fully saturated rings. The van der Waals surface area contributed by atoms with Gasteiger partial charge in [-0.05, 0) is 49.8 Å². The van der Waals surface area contributed by atoms with Gasteiger partial charge in [0.15, 0.2) is 11.9 Å². The summed E-state index contributed by atoms with van der Waals surface area (Å²) in [7, 11) is -4.64. The smallest absolute Gasteiger partial charge is 0.419 e. The van der Waals surface area contributed by atoms with Crippen LogP contribution >= 0.6 is 7.82 Å². The second-order valence-corrected chi connectivity index (χ2v) is 14.7. The fraction of sp³-hybridized carbons (Fsp3) is 0.615. The molecule has 2 aromatic heterocycles.